The van der Waals surface area contributed by atoms with Gasteiger partial charge in [-0.2, -0.15) is 0 Å². The Morgan fingerprint density at radius 3 is 2.17 bits per heavy atom. The van der Waals surface area contributed by atoms with Crippen LogP contribution in [-0.4, -0.2) is 124 Å². The third-order valence-corrected chi connectivity index (χ3v) is 5.19. The summed E-state index contributed by atoms with van der Waals surface area (Å²) in [5.74, 6) is -2.72. The summed E-state index contributed by atoms with van der Waals surface area (Å²) in [5.41, 5.74) is 0. The number of carbonyl (C=O) groups excluding carboxylic acids is 1. The second-order valence-corrected chi connectivity index (χ2v) is 7.15. The van der Waals surface area contributed by atoms with Gasteiger partial charge in [-0.25, -0.2) is 4.79 Å². The van der Waals surface area contributed by atoms with E-state index in [9.17, 15) is 35.4 Å². The smallest absolute Gasteiger partial charge is 0.366 e. The van der Waals surface area contributed by atoms with Crippen molar-refractivity contribution >= 4 is 5.97 Å². The Hall–Kier alpha value is -0.970. The number of methoxy groups -OCH3 is 1. The Morgan fingerprint density at radius 2 is 1.59 bits per heavy atom. The van der Waals surface area contributed by atoms with Gasteiger partial charge < -0.3 is 59.1 Å². The maximum absolute atomic E-state index is 11.9. The van der Waals surface area contributed by atoms with E-state index in [2.05, 4.69) is 4.74 Å². The molecule has 0 aromatic rings. The average molecular weight is 426 g/mol. The molecule has 0 saturated carbocycles. The van der Waals surface area contributed by atoms with Crippen LogP contribution in [0.4, 0.5) is 0 Å². The lowest BCUT2D eigenvalue weighted by Gasteiger charge is -2.45. The predicted molar refractivity (Wildman–Crippen MR) is 86.8 cm³/mol. The average Bonchev–Trinajstić information content (AvgIpc) is 3.07. The summed E-state index contributed by atoms with van der Waals surface area (Å²) in [6, 6.07) is 0. The van der Waals surface area contributed by atoms with Gasteiger partial charge in [0.05, 0.1) is 20.3 Å². The van der Waals surface area contributed by atoms with Crippen molar-refractivity contribution in [1.82, 2.24) is 0 Å². The van der Waals surface area contributed by atoms with Crippen LogP contribution in [0.2, 0.25) is 0 Å². The summed E-state index contributed by atoms with van der Waals surface area (Å²) < 4.78 is 31.8. The molecular weight excluding hydrogens is 400 g/mol. The molecule has 0 amide bonds. The van der Waals surface area contributed by atoms with E-state index >= 15 is 0 Å². The third-order valence-electron chi connectivity index (χ3n) is 5.19. The topological polar surface area (TPSA) is 194 Å². The van der Waals surface area contributed by atoms with Gasteiger partial charge in [-0.1, -0.05) is 0 Å². The minimum atomic E-state index is -1.86. The summed E-state index contributed by atoms with van der Waals surface area (Å²) >= 11 is 0. The highest BCUT2D eigenvalue weighted by Crippen LogP contribution is 2.39. The summed E-state index contributed by atoms with van der Waals surface area (Å²) in [7, 11) is 1.13. The van der Waals surface area contributed by atoms with E-state index in [1.165, 1.54) is 6.92 Å². The normalized spacial score (nSPS) is 50.2. The van der Waals surface area contributed by atoms with Crippen LogP contribution in [0.3, 0.4) is 0 Å². The van der Waals surface area contributed by atoms with E-state index in [0.29, 0.717) is 0 Å². The number of esters is 1. The Labute approximate surface area is 165 Å². The molecule has 7 unspecified atom stereocenters. The largest absolute Gasteiger partial charge is 0.465 e. The van der Waals surface area contributed by atoms with E-state index in [0.717, 1.165) is 7.11 Å². The SMILES string of the molecule is COC(=O)C1(C)OC2C(O)[C@H](O[C@@H]3OC(CO)[C@H](O)C(O)C3O)C(CO)O[C@@H]2O1. The molecule has 29 heavy (non-hydrogen) atoms. The van der Waals surface area contributed by atoms with Crippen molar-refractivity contribution in [1.29, 1.82) is 0 Å². The molecule has 3 rings (SSSR count). The molecule has 13 heteroatoms. The van der Waals surface area contributed by atoms with Crippen LogP contribution in [-0.2, 0) is 33.2 Å². The molecule has 0 aliphatic carbocycles. The predicted octanol–water partition coefficient (Wildman–Crippen LogP) is -4.45. The first kappa shape index (κ1) is 22.7. The molecule has 3 aliphatic heterocycles. The van der Waals surface area contributed by atoms with Gasteiger partial charge in [0.15, 0.2) is 12.6 Å². The number of carbonyl (C=O) groups is 1. The summed E-state index contributed by atoms with van der Waals surface area (Å²) in [6.45, 7) is -0.0353. The first-order valence-electron chi connectivity index (χ1n) is 9.01. The molecule has 6 N–H and O–H groups in total. The molecule has 0 aromatic carbocycles. The summed E-state index contributed by atoms with van der Waals surface area (Å²) in [5, 5.41) is 59.5. The third kappa shape index (κ3) is 4.00. The molecule has 11 atom stereocenters. The van der Waals surface area contributed by atoms with Gasteiger partial charge >= 0.3 is 5.97 Å². The Morgan fingerprint density at radius 1 is 0.931 bits per heavy atom. The van der Waals surface area contributed by atoms with Crippen molar-refractivity contribution in [2.24, 2.45) is 0 Å². The Bertz CT molecular complexity index is 587. The number of hydrogen-bond acceptors (Lipinski definition) is 13. The Balaban J connectivity index is 1.76. The van der Waals surface area contributed by atoms with Crippen molar-refractivity contribution < 1.29 is 63.9 Å². The highest BCUT2D eigenvalue weighted by Gasteiger charge is 2.60. The second-order valence-electron chi connectivity index (χ2n) is 7.15. The molecule has 13 nitrogen and oxygen atoms in total. The van der Waals surface area contributed by atoms with Gasteiger partial charge in [0.2, 0.25) is 0 Å². The highest BCUT2D eigenvalue weighted by molar-refractivity contribution is 5.77. The summed E-state index contributed by atoms with van der Waals surface area (Å²) in [4.78, 5) is 11.9. The van der Waals surface area contributed by atoms with Gasteiger partial charge in [0, 0.05) is 6.92 Å². The number of ether oxygens (including phenoxy) is 6. The first-order chi connectivity index (χ1) is 13.7. The molecule has 3 fully saturated rings. The zero-order valence-corrected chi connectivity index (χ0v) is 15.7. The minimum absolute atomic E-state index is 0.638. The van der Waals surface area contributed by atoms with Crippen LogP contribution in [0.5, 0.6) is 0 Å². The standard InChI is InChI=1S/C16H26O13/c1-16(15(23)24-2)28-12-10(22)11(6(4-18)26-14(12)29-16)27-13-9(21)8(20)7(19)5(3-17)25-13/h5-14,17-22H,3-4H2,1-2H3/t5?,6?,7-,8?,9?,10?,11+,12?,13-,14+,16?/m0/s1. The van der Waals surface area contributed by atoms with Gasteiger partial charge in [0.25, 0.3) is 5.79 Å². The second kappa shape index (κ2) is 8.64. The van der Waals surface area contributed by atoms with Crippen molar-refractivity contribution in [2.45, 2.75) is 74.1 Å². The number of rotatable bonds is 5. The van der Waals surface area contributed by atoms with E-state index < -0.39 is 86.4 Å². The molecule has 0 aromatic heterocycles. The maximum Gasteiger partial charge on any atom is 0.366 e. The number of aliphatic hydroxyl groups excluding tert-OH is 6. The van der Waals surface area contributed by atoms with Crippen LogP contribution < -0.4 is 0 Å². The quantitative estimate of drug-likeness (QED) is 0.231. The van der Waals surface area contributed by atoms with Crippen molar-refractivity contribution in [3.05, 3.63) is 0 Å². The lowest BCUT2D eigenvalue weighted by Crippen LogP contribution is -2.64. The van der Waals surface area contributed by atoms with E-state index in [1.54, 1.807) is 0 Å². The van der Waals surface area contributed by atoms with Crippen molar-refractivity contribution in [2.75, 3.05) is 20.3 Å². The van der Waals surface area contributed by atoms with Gasteiger partial charge in [-0.3, -0.25) is 0 Å². The van der Waals surface area contributed by atoms with E-state index in [4.69, 9.17) is 23.7 Å². The molecule has 0 spiro atoms. The lowest BCUT2D eigenvalue weighted by atomic mass is 9.97. The molecular formula is C16H26O13. The van der Waals surface area contributed by atoms with Crippen LogP contribution in [0.15, 0.2) is 0 Å². The zero-order chi connectivity index (χ0) is 21.5. The lowest BCUT2D eigenvalue weighted by molar-refractivity contribution is -0.345. The molecule has 168 valence electrons. The van der Waals surface area contributed by atoms with Crippen LogP contribution >= 0.6 is 0 Å². The molecule has 3 saturated heterocycles. The fraction of sp³-hybridized carbons (Fsp3) is 0.938. The van der Waals surface area contributed by atoms with Crippen LogP contribution in [0.1, 0.15) is 6.92 Å². The van der Waals surface area contributed by atoms with Crippen molar-refractivity contribution in [3.8, 4) is 0 Å². The zero-order valence-electron chi connectivity index (χ0n) is 15.7. The maximum atomic E-state index is 11.9. The van der Waals surface area contributed by atoms with Crippen molar-refractivity contribution in [3.63, 3.8) is 0 Å². The highest BCUT2D eigenvalue weighted by atomic mass is 16.9. The van der Waals surface area contributed by atoms with Crippen LogP contribution in [0.25, 0.3) is 0 Å². The van der Waals surface area contributed by atoms with E-state index in [1.807, 2.05) is 0 Å². The molecule has 0 radical (unpaired) electrons. The molecule has 3 heterocycles. The molecule has 0 bridgehead atoms. The number of hydrogen-bond donors (Lipinski definition) is 6. The first-order valence-corrected chi connectivity index (χ1v) is 9.01. The number of aliphatic hydroxyl groups is 6. The summed E-state index contributed by atoms with van der Waals surface area (Å²) in [6.07, 6.45) is -14.3. The monoisotopic (exact) mass is 426 g/mol. The fourth-order valence-electron chi connectivity index (χ4n) is 3.56. The molecule has 3 aliphatic rings. The Kier molecular flexibility index (Phi) is 6.77. The van der Waals surface area contributed by atoms with Gasteiger partial charge in [0.1, 0.15) is 48.8 Å². The number of fused-ring (bicyclic) bond motifs is 1. The minimum Gasteiger partial charge on any atom is -0.465 e. The van der Waals surface area contributed by atoms with Gasteiger partial charge in [-0.15, -0.1) is 0 Å². The fourth-order valence-corrected chi connectivity index (χ4v) is 3.56. The van der Waals surface area contributed by atoms with Gasteiger partial charge in [-0.05, 0) is 0 Å². The van der Waals surface area contributed by atoms with E-state index in [-0.39, 0.29) is 0 Å². The van der Waals surface area contributed by atoms with Crippen LogP contribution in [0, 0.1) is 0 Å².